The molecular weight excluding hydrogens is 334 g/mol. The average molecular weight is 368 g/mol. The van der Waals surface area contributed by atoms with Crippen LogP contribution in [0.3, 0.4) is 0 Å². The first-order chi connectivity index (χ1) is 12.1. The molecule has 1 fully saturated rings. The maximum Gasteiger partial charge on any atom is 0.191 e. The number of hydrogen-bond donors (Lipinski definition) is 2. The Labute approximate surface area is 156 Å². The fourth-order valence-electron chi connectivity index (χ4n) is 2.91. The number of rotatable bonds is 8. The van der Waals surface area contributed by atoms with Gasteiger partial charge < -0.3 is 20.3 Å². The van der Waals surface area contributed by atoms with Gasteiger partial charge in [-0.1, -0.05) is 0 Å². The number of likely N-dealkylation sites (tertiary alicyclic amines) is 1. The minimum atomic E-state index is 0.321. The minimum absolute atomic E-state index is 0.321. The Morgan fingerprint density at radius 1 is 1.44 bits per heavy atom. The van der Waals surface area contributed by atoms with Gasteiger partial charge in [0.15, 0.2) is 5.96 Å². The van der Waals surface area contributed by atoms with Crippen molar-refractivity contribution < 1.29 is 4.74 Å². The van der Waals surface area contributed by atoms with Crippen molar-refractivity contribution in [3.63, 3.8) is 0 Å². The number of aliphatic imine (C=N–C) groups is 1. The summed E-state index contributed by atoms with van der Waals surface area (Å²) in [4.78, 5) is 12.5. The fourth-order valence-corrected chi connectivity index (χ4v) is 3.70. The molecule has 0 aromatic carbocycles. The van der Waals surface area contributed by atoms with Crippen LogP contribution in [0.5, 0.6) is 0 Å². The number of hydrogen-bond acceptors (Lipinski definition) is 5. The van der Waals surface area contributed by atoms with Gasteiger partial charge in [0.25, 0.3) is 0 Å². The van der Waals surface area contributed by atoms with Gasteiger partial charge in [-0.05, 0) is 33.6 Å². The maximum absolute atomic E-state index is 5.64. The van der Waals surface area contributed by atoms with Crippen molar-refractivity contribution in [3.8, 4) is 0 Å². The second kappa shape index (κ2) is 10.7. The van der Waals surface area contributed by atoms with Gasteiger partial charge >= 0.3 is 0 Å². The zero-order chi connectivity index (χ0) is 18.1. The zero-order valence-electron chi connectivity index (χ0n) is 16.0. The molecule has 1 aromatic rings. The third kappa shape index (κ3) is 7.71. The molecular formula is C18H33N5OS. The fraction of sp³-hybridized carbons (Fsp3) is 0.778. The highest BCUT2D eigenvalue weighted by Gasteiger charge is 2.19. The van der Waals surface area contributed by atoms with E-state index in [1.165, 1.54) is 9.88 Å². The van der Waals surface area contributed by atoms with Crippen LogP contribution in [0.4, 0.5) is 0 Å². The van der Waals surface area contributed by atoms with Crippen molar-refractivity contribution in [1.29, 1.82) is 0 Å². The van der Waals surface area contributed by atoms with Gasteiger partial charge in [0.05, 0.1) is 17.7 Å². The number of ether oxygens (including phenoxy) is 1. The van der Waals surface area contributed by atoms with Crippen LogP contribution in [0.1, 0.15) is 36.6 Å². The Hall–Kier alpha value is -1.18. The van der Waals surface area contributed by atoms with Crippen molar-refractivity contribution >= 4 is 17.3 Å². The number of nitrogens with zero attached hydrogens (tertiary/aromatic N) is 3. The first-order valence-electron chi connectivity index (χ1n) is 9.29. The summed E-state index contributed by atoms with van der Waals surface area (Å²) in [6.45, 7) is 11.2. The molecule has 0 aliphatic carbocycles. The highest BCUT2D eigenvalue weighted by molar-refractivity contribution is 7.11. The van der Waals surface area contributed by atoms with Crippen LogP contribution in [-0.4, -0.2) is 67.8 Å². The zero-order valence-corrected chi connectivity index (χ0v) is 16.9. The first-order valence-corrected chi connectivity index (χ1v) is 10.1. The summed E-state index contributed by atoms with van der Waals surface area (Å²) in [5, 5.41) is 8.14. The second-order valence-electron chi connectivity index (χ2n) is 6.79. The molecule has 2 rings (SSSR count). The minimum Gasteiger partial charge on any atom is -0.377 e. The predicted molar refractivity (Wildman–Crippen MR) is 106 cm³/mol. The van der Waals surface area contributed by atoms with Crippen LogP contribution >= 0.6 is 11.3 Å². The Kier molecular flexibility index (Phi) is 8.64. The van der Waals surface area contributed by atoms with E-state index >= 15 is 0 Å². The topological polar surface area (TPSA) is 61.8 Å². The Morgan fingerprint density at radius 2 is 2.20 bits per heavy atom. The van der Waals surface area contributed by atoms with E-state index in [2.05, 4.69) is 46.3 Å². The van der Waals surface area contributed by atoms with Crippen LogP contribution in [-0.2, 0) is 11.2 Å². The average Bonchev–Trinajstić information content (AvgIpc) is 3.00. The van der Waals surface area contributed by atoms with E-state index in [-0.39, 0.29) is 0 Å². The van der Waals surface area contributed by atoms with Gasteiger partial charge in [-0.2, -0.15) is 0 Å². The number of piperidine rings is 1. The smallest absolute Gasteiger partial charge is 0.191 e. The summed E-state index contributed by atoms with van der Waals surface area (Å²) in [6, 6.07) is 0.496. The van der Waals surface area contributed by atoms with Gasteiger partial charge in [0, 0.05) is 56.8 Å². The molecule has 25 heavy (non-hydrogen) atoms. The van der Waals surface area contributed by atoms with E-state index in [9.17, 15) is 0 Å². The molecule has 142 valence electrons. The highest BCUT2D eigenvalue weighted by Crippen LogP contribution is 2.11. The van der Waals surface area contributed by atoms with Crippen molar-refractivity contribution in [2.24, 2.45) is 4.99 Å². The lowest BCUT2D eigenvalue weighted by Crippen LogP contribution is -2.49. The van der Waals surface area contributed by atoms with E-state index < -0.39 is 0 Å². The van der Waals surface area contributed by atoms with Crippen LogP contribution in [0.2, 0.25) is 0 Å². The molecule has 0 spiro atoms. The van der Waals surface area contributed by atoms with Crippen LogP contribution in [0, 0.1) is 6.92 Å². The molecule has 0 bridgehead atoms. The van der Waals surface area contributed by atoms with E-state index in [4.69, 9.17) is 4.74 Å². The normalized spacial score (nSPS) is 17.2. The quantitative estimate of drug-likeness (QED) is 0.544. The number of guanidine groups is 1. The number of aryl methyl sites for hydroxylation is 1. The molecule has 1 aliphatic rings. The second-order valence-corrected chi connectivity index (χ2v) is 8.11. The standard InChI is InChI=1S/C18H33N5OS/c1-14(2)24-12-11-23-9-6-16(7-10-23)22-18(19-4)20-8-5-17-21-13-15(3)25-17/h13-14,16H,5-12H2,1-4H3,(H2,19,20,22). The Balaban J connectivity index is 1.62. The van der Waals surface area contributed by atoms with Crippen LogP contribution in [0.25, 0.3) is 0 Å². The summed E-state index contributed by atoms with van der Waals surface area (Å²) >= 11 is 1.76. The van der Waals surface area contributed by atoms with Gasteiger partial charge in [0.1, 0.15) is 0 Å². The Morgan fingerprint density at radius 3 is 2.80 bits per heavy atom. The first kappa shape index (κ1) is 20.1. The van der Waals surface area contributed by atoms with Crippen molar-refractivity contribution in [3.05, 3.63) is 16.1 Å². The lowest BCUT2D eigenvalue weighted by atomic mass is 10.1. The number of nitrogens with one attached hydrogen (secondary N) is 2. The van der Waals surface area contributed by atoms with E-state index in [1.54, 1.807) is 11.3 Å². The van der Waals surface area contributed by atoms with Gasteiger partial charge in [-0.15, -0.1) is 11.3 Å². The molecule has 0 radical (unpaired) electrons. The lowest BCUT2D eigenvalue weighted by Gasteiger charge is -2.33. The van der Waals surface area contributed by atoms with E-state index in [1.807, 2.05) is 13.2 Å². The summed E-state index contributed by atoms with van der Waals surface area (Å²) in [5.41, 5.74) is 0. The Bertz CT molecular complexity index is 523. The molecule has 6 nitrogen and oxygen atoms in total. The van der Waals surface area contributed by atoms with E-state index in [0.29, 0.717) is 12.1 Å². The van der Waals surface area contributed by atoms with E-state index in [0.717, 1.165) is 58.0 Å². The molecule has 0 saturated carbocycles. The summed E-state index contributed by atoms with van der Waals surface area (Å²) in [7, 11) is 1.83. The van der Waals surface area contributed by atoms with Crippen molar-refractivity contribution in [2.75, 3.05) is 39.8 Å². The van der Waals surface area contributed by atoms with Gasteiger partial charge in [-0.3, -0.25) is 4.99 Å². The molecule has 2 heterocycles. The van der Waals surface area contributed by atoms with Crippen LogP contribution in [0.15, 0.2) is 11.2 Å². The summed E-state index contributed by atoms with van der Waals surface area (Å²) in [6.07, 6.45) is 5.49. The number of thiazole rings is 1. The number of aromatic nitrogens is 1. The molecule has 0 amide bonds. The van der Waals surface area contributed by atoms with Gasteiger partial charge in [0.2, 0.25) is 0 Å². The van der Waals surface area contributed by atoms with Crippen LogP contribution < -0.4 is 10.6 Å². The molecule has 1 saturated heterocycles. The summed E-state index contributed by atoms with van der Waals surface area (Å²) in [5.74, 6) is 0.898. The van der Waals surface area contributed by atoms with Crippen molar-refractivity contribution in [1.82, 2.24) is 20.5 Å². The summed E-state index contributed by atoms with van der Waals surface area (Å²) < 4.78 is 5.64. The maximum atomic E-state index is 5.64. The predicted octanol–water partition coefficient (Wildman–Crippen LogP) is 2.05. The van der Waals surface area contributed by atoms with Gasteiger partial charge in [-0.25, -0.2) is 4.98 Å². The monoisotopic (exact) mass is 367 g/mol. The third-order valence-corrected chi connectivity index (χ3v) is 5.28. The molecule has 0 unspecified atom stereocenters. The highest BCUT2D eigenvalue weighted by atomic mass is 32.1. The molecule has 7 heteroatoms. The largest absolute Gasteiger partial charge is 0.377 e. The SMILES string of the molecule is CN=C(NCCc1ncc(C)s1)NC1CCN(CCOC(C)C)CC1. The third-order valence-electron chi connectivity index (χ3n) is 4.31. The molecule has 1 aliphatic heterocycles. The molecule has 0 atom stereocenters. The lowest BCUT2D eigenvalue weighted by molar-refractivity contribution is 0.0532. The molecule has 1 aromatic heterocycles. The van der Waals surface area contributed by atoms with Crippen molar-refractivity contribution in [2.45, 2.75) is 52.2 Å². The molecule has 2 N–H and O–H groups in total.